The maximum atomic E-state index is 13.7. The molecule has 1 aromatic rings. The molecule has 1 aromatic carbocycles. The molecule has 0 radical (unpaired) electrons. The number of piperidine rings is 1. The Balaban J connectivity index is 1.91. The maximum Gasteiger partial charge on any atom is 0.165 e. The molecular weight excluding hydrogens is 255 g/mol. The van der Waals surface area contributed by atoms with Gasteiger partial charge in [-0.15, -0.1) is 0 Å². The molecule has 3 nitrogen and oxygen atoms in total. The van der Waals surface area contributed by atoms with E-state index in [1.807, 2.05) is 6.07 Å². The first-order valence-corrected chi connectivity index (χ1v) is 7.39. The third kappa shape index (κ3) is 3.70. The Morgan fingerprint density at radius 1 is 1.45 bits per heavy atom. The topological polar surface area (TPSA) is 24.5 Å². The minimum atomic E-state index is -0.298. The monoisotopic (exact) mass is 280 g/mol. The number of ether oxygens (including phenoxy) is 1. The molecule has 0 spiro atoms. The van der Waals surface area contributed by atoms with Gasteiger partial charge in [-0.1, -0.05) is 12.5 Å². The van der Waals surface area contributed by atoms with E-state index in [1.165, 1.54) is 32.9 Å². The summed E-state index contributed by atoms with van der Waals surface area (Å²) in [6.45, 7) is 4.20. The van der Waals surface area contributed by atoms with Crippen LogP contribution in [-0.4, -0.2) is 38.2 Å². The average Bonchev–Trinajstić information content (AvgIpc) is 2.46. The highest BCUT2D eigenvalue weighted by atomic mass is 19.1. The number of rotatable bonds is 5. The van der Waals surface area contributed by atoms with Crippen molar-refractivity contribution in [2.45, 2.75) is 38.3 Å². The second kappa shape index (κ2) is 7.04. The smallest absolute Gasteiger partial charge is 0.165 e. The van der Waals surface area contributed by atoms with Gasteiger partial charge in [0.2, 0.25) is 0 Å². The number of likely N-dealkylation sites (N-methyl/N-ethyl adjacent to an activating group) is 1. The van der Waals surface area contributed by atoms with E-state index in [4.69, 9.17) is 4.74 Å². The molecular formula is C16H25FN2O. The minimum absolute atomic E-state index is 0.144. The molecule has 2 unspecified atom stereocenters. The zero-order chi connectivity index (χ0) is 14.5. The van der Waals surface area contributed by atoms with Crippen LogP contribution in [0.4, 0.5) is 4.39 Å². The number of benzene rings is 1. The summed E-state index contributed by atoms with van der Waals surface area (Å²) in [5.41, 5.74) is 0.960. The van der Waals surface area contributed by atoms with E-state index in [0.717, 1.165) is 12.1 Å². The van der Waals surface area contributed by atoms with E-state index in [0.29, 0.717) is 11.8 Å². The second-order valence-corrected chi connectivity index (χ2v) is 5.65. The summed E-state index contributed by atoms with van der Waals surface area (Å²) in [4.78, 5) is 2.41. The van der Waals surface area contributed by atoms with E-state index >= 15 is 0 Å². The van der Waals surface area contributed by atoms with Gasteiger partial charge in [0.25, 0.3) is 0 Å². The van der Waals surface area contributed by atoms with Gasteiger partial charge >= 0.3 is 0 Å². The summed E-state index contributed by atoms with van der Waals surface area (Å²) in [5, 5.41) is 3.51. The molecule has 1 aliphatic heterocycles. The summed E-state index contributed by atoms with van der Waals surface area (Å²) in [5.74, 6) is 0.00129. The third-order valence-corrected chi connectivity index (χ3v) is 4.26. The Morgan fingerprint density at radius 3 is 2.90 bits per heavy atom. The highest BCUT2D eigenvalue weighted by Gasteiger charge is 2.19. The fourth-order valence-corrected chi connectivity index (χ4v) is 2.78. The molecule has 1 saturated heterocycles. The Bertz CT molecular complexity index is 438. The molecule has 112 valence electrons. The van der Waals surface area contributed by atoms with Gasteiger partial charge in [-0.2, -0.15) is 0 Å². The van der Waals surface area contributed by atoms with Crippen LogP contribution in [0.1, 0.15) is 37.8 Å². The van der Waals surface area contributed by atoms with Crippen molar-refractivity contribution in [2.75, 3.05) is 27.2 Å². The maximum absolute atomic E-state index is 13.7. The van der Waals surface area contributed by atoms with Crippen molar-refractivity contribution in [3.8, 4) is 5.75 Å². The molecule has 2 atom stereocenters. The van der Waals surface area contributed by atoms with Crippen molar-refractivity contribution in [1.29, 1.82) is 0 Å². The highest BCUT2D eigenvalue weighted by Crippen LogP contribution is 2.22. The summed E-state index contributed by atoms with van der Waals surface area (Å²) < 4.78 is 18.7. The molecule has 1 fully saturated rings. The lowest BCUT2D eigenvalue weighted by Crippen LogP contribution is -2.43. The number of nitrogens with one attached hydrogen (secondary N) is 1. The first-order valence-electron chi connectivity index (χ1n) is 7.39. The van der Waals surface area contributed by atoms with Gasteiger partial charge in [0.05, 0.1) is 7.11 Å². The lowest BCUT2D eigenvalue weighted by molar-refractivity contribution is 0.178. The fourth-order valence-electron chi connectivity index (χ4n) is 2.78. The Kier molecular flexibility index (Phi) is 5.38. The van der Waals surface area contributed by atoms with Crippen LogP contribution in [0.25, 0.3) is 0 Å². The van der Waals surface area contributed by atoms with Crippen LogP contribution >= 0.6 is 0 Å². The van der Waals surface area contributed by atoms with E-state index in [-0.39, 0.29) is 11.9 Å². The van der Waals surface area contributed by atoms with Gasteiger partial charge in [0.1, 0.15) is 0 Å². The molecule has 0 saturated carbocycles. The number of halogens is 1. The zero-order valence-electron chi connectivity index (χ0n) is 12.7. The van der Waals surface area contributed by atoms with Gasteiger partial charge < -0.3 is 15.0 Å². The molecule has 1 aliphatic rings. The summed E-state index contributed by atoms with van der Waals surface area (Å²) >= 11 is 0. The number of hydrogen-bond donors (Lipinski definition) is 1. The van der Waals surface area contributed by atoms with Crippen LogP contribution in [0.2, 0.25) is 0 Å². The van der Waals surface area contributed by atoms with Crippen LogP contribution in [0.5, 0.6) is 5.75 Å². The quantitative estimate of drug-likeness (QED) is 0.897. The number of methoxy groups -OCH3 is 1. The summed E-state index contributed by atoms with van der Waals surface area (Å²) in [7, 11) is 3.67. The SMILES string of the molecule is COc1ccc(C(C)NCC2CCCCN2C)cc1F. The van der Waals surface area contributed by atoms with Crippen molar-refractivity contribution in [3.63, 3.8) is 0 Å². The number of likely N-dealkylation sites (tertiary alicyclic amines) is 1. The van der Waals surface area contributed by atoms with Gasteiger partial charge in [-0.25, -0.2) is 4.39 Å². The van der Waals surface area contributed by atoms with Crippen molar-refractivity contribution in [3.05, 3.63) is 29.6 Å². The van der Waals surface area contributed by atoms with E-state index in [9.17, 15) is 4.39 Å². The number of nitrogens with zero attached hydrogens (tertiary/aromatic N) is 1. The van der Waals surface area contributed by atoms with Crippen molar-refractivity contribution >= 4 is 0 Å². The van der Waals surface area contributed by atoms with E-state index in [2.05, 4.69) is 24.2 Å². The lowest BCUT2D eigenvalue weighted by atomic mass is 10.0. The van der Waals surface area contributed by atoms with Crippen LogP contribution in [-0.2, 0) is 0 Å². The number of hydrogen-bond acceptors (Lipinski definition) is 3. The van der Waals surface area contributed by atoms with Crippen LogP contribution in [0, 0.1) is 5.82 Å². The fraction of sp³-hybridized carbons (Fsp3) is 0.625. The molecule has 0 aliphatic carbocycles. The molecule has 20 heavy (non-hydrogen) atoms. The second-order valence-electron chi connectivity index (χ2n) is 5.65. The largest absolute Gasteiger partial charge is 0.494 e. The standard InChI is InChI=1S/C16H25FN2O/c1-12(13-7-8-16(20-3)15(17)10-13)18-11-14-6-4-5-9-19(14)2/h7-8,10,12,14,18H,4-6,9,11H2,1-3H3. The van der Waals surface area contributed by atoms with Gasteiger partial charge in [-0.3, -0.25) is 0 Å². The highest BCUT2D eigenvalue weighted by molar-refractivity contribution is 5.30. The normalized spacial score (nSPS) is 21.7. The van der Waals surface area contributed by atoms with Crippen LogP contribution in [0.15, 0.2) is 18.2 Å². The Hall–Kier alpha value is -1.13. The van der Waals surface area contributed by atoms with Gasteiger partial charge in [-0.05, 0) is 51.1 Å². The first-order chi connectivity index (χ1) is 9.61. The molecule has 0 aromatic heterocycles. The molecule has 1 heterocycles. The van der Waals surface area contributed by atoms with Crippen molar-refractivity contribution in [1.82, 2.24) is 10.2 Å². The van der Waals surface area contributed by atoms with E-state index < -0.39 is 0 Å². The molecule has 0 amide bonds. The lowest BCUT2D eigenvalue weighted by Gasteiger charge is -2.33. The predicted molar refractivity (Wildman–Crippen MR) is 79.6 cm³/mol. The molecule has 1 N–H and O–H groups in total. The van der Waals surface area contributed by atoms with Crippen molar-refractivity contribution in [2.24, 2.45) is 0 Å². The van der Waals surface area contributed by atoms with Crippen molar-refractivity contribution < 1.29 is 9.13 Å². The molecule has 0 bridgehead atoms. The minimum Gasteiger partial charge on any atom is -0.494 e. The van der Waals surface area contributed by atoms with Crippen LogP contribution in [0.3, 0.4) is 0 Å². The first kappa shape index (κ1) is 15.3. The molecule has 4 heteroatoms. The zero-order valence-corrected chi connectivity index (χ0v) is 12.7. The van der Waals surface area contributed by atoms with Gasteiger partial charge in [0.15, 0.2) is 11.6 Å². The Morgan fingerprint density at radius 2 is 2.25 bits per heavy atom. The summed E-state index contributed by atoms with van der Waals surface area (Å²) in [6.07, 6.45) is 3.85. The Labute approximate surface area is 121 Å². The molecule has 2 rings (SSSR count). The predicted octanol–water partition coefficient (Wildman–Crippen LogP) is 2.97. The summed E-state index contributed by atoms with van der Waals surface area (Å²) in [6, 6.07) is 5.90. The third-order valence-electron chi connectivity index (χ3n) is 4.26. The van der Waals surface area contributed by atoms with E-state index in [1.54, 1.807) is 12.1 Å². The van der Waals surface area contributed by atoms with Crippen LogP contribution < -0.4 is 10.1 Å². The van der Waals surface area contributed by atoms with Gasteiger partial charge in [0, 0.05) is 18.6 Å². The average molecular weight is 280 g/mol.